The van der Waals surface area contributed by atoms with Gasteiger partial charge in [-0.25, -0.2) is 4.79 Å². The number of hydrogen-bond donors (Lipinski definition) is 1. The average Bonchev–Trinajstić information content (AvgIpc) is 2.56. The van der Waals surface area contributed by atoms with Crippen LogP contribution in [0.25, 0.3) is 0 Å². The molecule has 0 aliphatic carbocycles. The van der Waals surface area contributed by atoms with E-state index in [-0.39, 0.29) is 0 Å². The molecule has 1 N–H and O–H groups in total. The van der Waals surface area contributed by atoms with E-state index in [1.165, 1.54) is 13.8 Å². The van der Waals surface area contributed by atoms with E-state index in [2.05, 4.69) is 0 Å². The third kappa shape index (κ3) is 2.36. The smallest absolute Gasteiger partial charge is 0.279 e. The SMILES string of the molecule is CC1(C)C(=O)NC(=O)N1c1ccc([N+](=O)[O-])cc1C(F)(F)F. The van der Waals surface area contributed by atoms with E-state index in [4.69, 9.17) is 0 Å². The first-order valence-corrected chi connectivity index (χ1v) is 5.97. The Morgan fingerprint density at radius 1 is 1.27 bits per heavy atom. The molecular weight excluding hydrogens is 307 g/mol. The van der Waals surface area contributed by atoms with Crippen molar-refractivity contribution in [3.63, 3.8) is 0 Å². The predicted octanol–water partition coefficient (Wildman–Crippen LogP) is 2.45. The summed E-state index contributed by atoms with van der Waals surface area (Å²) in [4.78, 5) is 33.8. The van der Waals surface area contributed by atoms with Crippen LogP contribution < -0.4 is 10.2 Å². The minimum Gasteiger partial charge on any atom is -0.279 e. The number of carbonyl (C=O) groups excluding carboxylic acids is 2. The van der Waals surface area contributed by atoms with Crippen LogP contribution in [0, 0.1) is 10.1 Å². The van der Waals surface area contributed by atoms with Crippen LogP contribution in [0.5, 0.6) is 0 Å². The third-order valence-electron chi connectivity index (χ3n) is 3.28. The lowest BCUT2D eigenvalue weighted by Crippen LogP contribution is -2.45. The molecule has 1 aliphatic heterocycles. The number of nitrogens with zero attached hydrogens (tertiary/aromatic N) is 2. The molecule has 7 nitrogen and oxygen atoms in total. The van der Waals surface area contributed by atoms with Gasteiger partial charge in [-0.05, 0) is 19.9 Å². The minimum absolute atomic E-state index is 0.335. The number of imide groups is 1. The van der Waals surface area contributed by atoms with Crippen LogP contribution in [0.3, 0.4) is 0 Å². The van der Waals surface area contributed by atoms with Gasteiger partial charge in [0.05, 0.1) is 16.2 Å². The summed E-state index contributed by atoms with van der Waals surface area (Å²) in [7, 11) is 0. The summed E-state index contributed by atoms with van der Waals surface area (Å²) < 4.78 is 39.5. The van der Waals surface area contributed by atoms with E-state index in [1.54, 1.807) is 0 Å². The second-order valence-corrected chi connectivity index (χ2v) is 5.11. The molecule has 1 aliphatic rings. The van der Waals surface area contributed by atoms with E-state index in [9.17, 15) is 32.9 Å². The molecule has 0 radical (unpaired) electrons. The molecule has 1 aromatic carbocycles. The number of non-ortho nitro benzene ring substituents is 1. The lowest BCUT2D eigenvalue weighted by Gasteiger charge is -2.30. The maximum Gasteiger partial charge on any atom is 0.418 e. The highest BCUT2D eigenvalue weighted by molar-refractivity contribution is 6.16. The molecule has 1 saturated heterocycles. The summed E-state index contributed by atoms with van der Waals surface area (Å²) in [5, 5.41) is 12.6. The zero-order valence-corrected chi connectivity index (χ0v) is 11.4. The molecule has 2 rings (SSSR count). The van der Waals surface area contributed by atoms with Gasteiger partial charge in [0, 0.05) is 12.1 Å². The summed E-state index contributed by atoms with van der Waals surface area (Å²) in [5.74, 6) is -0.760. The molecule has 1 aromatic rings. The molecule has 10 heteroatoms. The largest absolute Gasteiger partial charge is 0.418 e. The van der Waals surface area contributed by atoms with Crippen molar-refractivity contribution < 1.29 is 27.7 Å². The molecular formula is C12H10F3N3O4. The fourth-order valence-corrected chi connectivity index (χ4v) is 2.13. The molecule has 0 unspecified atom stereocenters. The van der Waals surface area contributed by atoms with Gasteiger partial charge in [0.1, 0.15) is 5.54 Å². The molecule has 0 aromatic heterocycles. The molecule has 0 bridgehead atoms. The normalized spacial score (nSPS) is 17.6. The fourth-order valence-electron chi connectivity index (χ4n) is 2.13. The first kappa shape index (κ1) is 15.7. The quantitative estimate of drug-likeness (QED) is 0.515. The van der Waals surface area contributed by atoms with Gasteiger partial charge >= 0.3 is 12.2 Å². The first-order chi connectivity index (χ1) is 9.96. The van der Waals surface area contributed by atoms with Crippen molar-refractivity contribution in [2.75, 3.05) is 4.90 Å². The van der Waals surface area contributed by atoms with Gasteiger partial charge in [0.2, 0.25) is 0 Å². The summed E-state index contributed by atoms with van der Waals surface area (Å²) in [5.41, 5.74) is -4.29. The van der Waals surface area contributed by atoms with Crippen LogP contribution in [0.2, 0.25) is 0 Å². The van der Waals surface area contributed by atoms with Crippen LogP contribution in [0.15, 0.2) is 18.2 Å². The molecule has 3 amide bonds. The van der Waals surface area contributed by atoms with Gasteiger partial charge in [-0.1, -0.05) is 0 Å². The number of amides is 3. The Morgan fingerprint density at radius 3 is 2.27 bits per heavy atom. The second kappa shape index (κ2) is 4.68. The van der Waals surface area contributed by atoms with Gasteiger partial charge in [-0.2, -0.15) is 13.2 Å². The number of nitrogens with one attached hydrogen (secondary N) is 1. The molecule has 22 heavy (non-hydrogen) atoms. The van der Waals surface area contributed by atoms with Gasteiger partial charge in [-0.3, -0.25) is 25.1 Å². The van der Waals surface area contributed by atoms with Gasteiger partial charge in [-0.15, -0.1) is 0 Å². The molecule has 0 saturated carbocycles. The van der Waals surface area contributed by atoms with Crippen molar-refractivity contribution in [3.05, 3.63) is 33.9 Å². The number of halogens is 3. The summed E-state index contributed by atoms with van der Waals surface area (Å²) in [6.45, 7) is 2.55. The van der Waals surface area contributed by atoms with Gasteiger partial charge < -0.3 is 0 Å². The maximum absolute atomic E-state index is 13.2. The Morgan fingerprint density at radius 2 is 1.86 bits per heavy atom. The van der Waals surface area contributed by atoms with Crippen LogP contribution in [0.1, 0.15) is 19.4 Å². The monoisotopic (exact) mass is 317 g/mol. The van der Waals surface area contributed by atoms with Gasteiger partial charge in [0.15, 0.2) is 0 Å². The Balaban J connectivity index is 2.68. The standard InChI is InChI=1S/C12H10F3N3O4/c1-11(2)9(19)16-10(20)17(11)8-4-3-6(18(21)22)5-7(8)12(13,14)15/h3-5H,1-2H3,(H,16,19,20). The fraction of sp³-hybridized carbons (Fsp3) is 0.333. The topological polar surface area (TPSA) is 92.6 Å². The predicted molar refractivity (Wildman–Crippen MR) is 68.2 cm³/mol. The number of urea groups is 1. The minimum atomic E-state index is -4.93. The second-order valence-electron chi connectivity index (χ2n) is 5.11. The molecule has 1 fully saturated rings. The zero-order valence-electron chi connectivity index (χ0n) is 11.4. The van der Waals surface area contributed by atoms with Crippen molar-refractivity contribution >= 4 is 23.3 Å². The Bertz CT molecular complexity index is 685. The Hall–Kier alpha value is -2.65. The van der Waals surface area contributed by atoms with Crippen molar-refractivity contribution in [1.82, 2.24) is 5.32 Å². The highest BCUT2D eigenvalue weighted by Gasteiger charge is 2.49. The third-order valence-corrected chi connectivity index (χ3v) is 3.28. The molecule has 0 spiro atoms. The molecule has 118 valence electrons. The van der Waals surface area contributed by atoms with Crippen molar-refractivity contribution in [3.8, 4) is 0 Å². The van der Waals surface area contributed by atoms with E-state index in [0.29, 0.717) is 11.0 Å². The average molecular weight is 317 g/mol. The summed E-state index contributed by atoms with van der Waals surface area (Å²) in [6.07, 6.45) is -4.93. The number of nitro benzene ring substituents is 1. The number of benzene rings is 1. The van der Waals surface area contributed by atoms with E-state index in [0.717, 1.165) is 12.1 Å². The Kier molecular flexibility index (Phi) is 3.35. The maximum atomic E-state index is 13.2. The van der Waals surface area contributed by atoms with Crippen LogP contribution in [-0.4, -0.2) is 22.4 Å². The number of hydrogen-bond acceptors (Lipinski definition) is 4. The lowest BCUT2D eigenvalue weighted by atomic mass is 10.0. The van der Waals surface area contributed by atoms with E-state index >= 15 is 0 Å². The number of carbonyl (C=O) groups is 2. The summed E-state index contributed by atoms with van der Waals surface area (Å²) in [6, 6.07) is 0.966. The number of rotatable bonds is 2. The number of anilines is 1. The van der Waals surface area contributed by atoms with E-state index < -0.39 is 45.5 Å². The molecule has 1 heterocycles. The Labute approximate surface area is 121 Å². The first-order valence-electron chi connectivity index (χ1n) is 5.97. The zero-order chi connectivity index (χ0) is 16.9. The summed E-state index contributed by atoms with van der Waals surface area (Å²) >= 11 is 0. The van der Waals surface area contributed by atoms with Crippen molar-refractivity contribution in [1.29, 1.82) is 0 Å². The van der Waals surface area contributed by atoms with Crippen LogP contribution in [-0.2, 0) is 11.0 Å². The van der Waals surface area contributed by atoms with Crippen molar-refractivity contribution in [2.45, 2.75) is 25.6 Å². The van der Waals surface area contributed by atoms with Crippen LogP contribution >= 0.6 is 0 Å². The number of alkyl halides is 3. The lowest BCUT2D eigenvalue weighted by molar-refractivity contribution is -0.385. The van der Waals surface area contributed by atoms with Crippen molar-refractivity contribution in [2.24, 2.45) is 0 Å². The number of nitro groups is 1. The highest BCUT2D eigenvalue weighted by Crippen LogP contribution is 2.41. The van der Waals surface area contributed by atoms with Gasteiger partial charge in [0.25, 0.3) is 11.6 Å². The highest BCUT2D eigenvalue weighted by atomic mass is 19.4. The van der Waals surface area contributed by atoms with E-state index in [1.807, 2.05) is 5.32 Å². The van der Waals surface area contributed by atoms with Crippen LogP contribution in [0.4, 0.5) is 29.3 Å². The molecule has 0 atom stereocenters.